The molecule has 1 aliphatic rings. The summed E-state index contributed by atoms with van der Waals surface area (Å²) in [4.78, 5) is 43.0. The zero-order valence-corrected chi connectivity index (χ0v) is 22.5. The summed E-state index contributed by atoms with van der Waals surface area (Å²) >= 11 is 1.46. The van der Waals surface area contributed by atoms with E-state index in [2.05, 4.69) is 11.9 Å². The van der Waals surface area contributed by atoms with E-state index < -0.39 is 34.7 Å². The van der Waals surface area contributed by atoms with Gasteiger partial charge in [-0.05, 0) is 44.9 Å². The van der Waals surface area contributed by atoms with Crippen LogP contribution < -0.4 is 5.32 Å². The number of nitrogens with zero attached hydrogens (tertiary/aromatic N) is 2. The average molecular weight is 526 g/mol. The fraction of sp³-hybridized carbons (Fsp3) is 0.393. The van der Waals surface area contributed by atoms with Gasteiger partial charge in [0.15, 0.2) is 6.10 Å². The van der Waals surface area contributed by atoms with E-state index in [-0.39, 0.29) is 29.5 Å². The molecule has 3 amide bonds. The number of aliphatic hydroxyl groups is 1. The molecule has 0 bridgehead atoms. The first-order chi connectivity index (χ1) is 17.5. The molecule has 2 aromatic rings. The molecule has 1 fully saturated rings. The number of aliphatic hydroxyl groups excluding tert-OH is 1. The van der Waals surface area contributed by atoms with Gasteiger partial charge in [-0.1, -0.05) is 42.5 Å². The predicted octanol–water partition coefficient (Wildman–Crippen LogP) is 2.73. The first-order valence-corrected chi connectivity index (χ1v) is 13.1. The Balaban J connectivity index is 1.90. The van der Waals surface area contributed by atoms with Gasteiger partial charge in [0, 0.05) is 29.5 Å². The van der Waals surface area contributed by atoms with Crippen molar-refractivity contribution in [2.45, 2.75) is 50.1 Å². The van der Waals surface area contributed by atoms with Gasteiger partial charge in [-0.2, -0.15) is 0 Å². The van der Waals surface area contributed by atoms with E-state index in [9.17, 15) is 24.6 Å². The standard InChI is InChI=1S/C28H35N3O5S/c1-6-15-30(5)27(36)24-28(3,4)37-17-31(24)26(35)23(33)21(16-19-11-8-7-9-12-19)29-25(34)20-13-10-14-22(32)18(20)2/h6-14,21,23-24,32-33H,1,15-17H2,2-5H3,(H,29,34)/t21-,23-,24+/m0/s1. The lowest BCUT2D eigenvalue weighted by Gasteiger charge is -2.35. The number of phenols is 1. The second kappa shape index (κ2) is 11.8. The molecule has 3 N–H and O–H groups in total. The number of carbonyl (C=O) groups excluding carboxylic acids is 3. The predicted molar refractivity (Wildman–Crippen MR) is 145 cm³/mol. The topological polar surface area (TPSA) is 110 Å². The highest BCUT2D eigenvalue weighted by atomic mass is 32.2. The van der Waals surface area contributed by atoms with Gasteiger partial charge in [-0.3, -0.25) is 14.4 Å². The Bertz CT molecular complexity index is 1150. The van der Waals surface area contributed by atoms with E-state index in [0.29, 0.717) is 12.1 Å². The number of phenolic OH excluding ortho intramolecular Hbond substituents is 1. The SMILES string of the molecule is C=CCN(C)C(=O)[C@H]1N(C(=O)[C@@H](O)[C@H](Cc2ccccc2)NC(=O)c2cccc(O)c2C)CSC1(C)C. The third-order valence-electron chi connectivity index (χ3n) is 6.64. The van der Waals surface area contributed by atoms with Crippen LogP contribution in [0.4, 0.5) is 0 Å². The number of hydrogen-bond donors (Lipinski definition) is 3. The summed E-state index contributed by atoms with van der Waals surface area (Å²) in [5.41, 5.74) is 1.46. The number of nitrogens with one attached hydrogen (secondary N) is 1. The van der Waals surface area contributed by atoms with E-state index in [1.807, 2.05) is 44.2 Å². The van der Waals surface area contributed by atoms with Crippen molar-refractivity contribution in [2.75, 3.05) is 19.5 Å². The second-order valence-corrected chi connectivity index (χ2v) is 11.4. The zero-order chi connectivity index (χ0) is 27.3. The third kappa shape index (κ3) is 6.34. The lowest BCUT2D eigenvalue weighted by molar-refractivity contribution is -0.150. The van der Waals surface area contributed by atoms with E-state index >= 15 is 0 Å². The lowest BCUT2D eigenvalue weighted by atomic mass is 9.96. The fourth-order valence-electron chi connectivity index (χ4n) is 4.45. The molecular weight excluding hydrogens is 490 g/mol. The fourth-order valence-corrected chi connectivity index (χ4v) is 5.58. The average Bonchev–Trinajstić information content (AvgIpc) is 3.19. The maximum atomic E-state index is 13.7. The largest absolute Gasteiger partial charge is 0.508 e. The Morgan fingerprint density at radius 2 is 1.89 bits per heavy atom. The van der Waals surface area contributed by atoms with Crippen LogP contribution in [0.25, 0.3) is 0 Å². The molecule has 0 aromatic heterocycles. The molecule has 3 rings (SSSR count). The Morgan fingerprint density at radius 1 is 1.22 bits per heavy atom. The summed E-state index contributed by atoms with van der Waals surface area (Å²) in [7, 11) is 1.65. The maximum Gasteiger partial charge on any atom is 0.254 e. The van der Waals surface area contributed by atoms with Gasteiger partial charge in [0.25, 0.3) is 11.8 Å². The van der Waals surface area contributed by atoms with E-state index in [1.54, 1.807) is 32.2 Å². The number of thioether (sulfide) groups is 1. The van der Waals surface area contributed by atoms with Crippen molar-refractivity contribution in [1.29, 1.82) is 0 Å². The van der Waals surface area contributed by atoms with E-state index in [4.69, 9.17) is 0 Å². The van der Waals surface area contributed by atoms with Gasteiger partial charge < -0.3 is 25.3 Å². The maximum absolute atomic E-state index is 13.7. The zero-order valence-electron chi connectivity index (χ0n) is 21.7. The van der Waals surface area contributed by atoms with Crippen LogP contribution in [0, 0.1) is 6.92 Å². The van der Waals surface area contributed by atoms with Crippen molar-refractivity contribution in [3.8, 4) is 5.75 Å². The monoisotopic (exact) mass is 525 g/mol. The lowest BCUT2D eigenvalue weighted by Crippen LogP contribution is -2.58. The van der Waals surface area contributed by atoms with Crippen LogP contribution in [0.5, 0.6) is 5.75 Å². The summed E-state index contributed by atoms with van der Waals surface area (Å²) in [6.45, 7) is 9.43. The van der Waals surface area contributed by atoms with Crippen LogP contribution >= 0.6 is 11.8 Å². The van der Waals surface area contributed by atoms with Gasteiger partial charge in [-0.15, -0.1) is 18.3 Å². The van der Waals surface area contributed by atoms with Crippen LogP contribution in [-0.4, -0.2) is 80.1 Å². The minimum atomic E-state index is -1.60. The molecule has 0 aliphatic carbocycles. The summed E-state index contributed by atoms with van der Waals surface area (Å²) in [6, 6.07) is 12.1. The first-order valence-electron chi connectivity index (χ1n) is 12.1. The molecule has 9 heteroatoms. The second-order valence-electron chi connectivity index (χ2n) is 9.76. The molecule has 0 radical (unpaired) electrons. The molecule has 3 atom stereocenters. The van der Waals surface area contributed by atoms with Gasteiger partial charge in [0.2, 0.25) is 5.91 Å². The van der Waals surface area contributed by atoms with Crippen molar-refractivity contribution in [1.82, 2.24) is 15.1 Å². The smallest absolute Gasteiger partial charge is 0.254 e. The van der Waals surface area contributed by atoms with Gasteiger partial charge in [0.1, 0.15) is 11.8 Å². The summed E-state index contributed by atoms with van der Waals surface area (Å²) < 4.78 is -0.571. The normalized spacial score (nSPS) is 18.1. The summed E-state index contributed by atoms with van der Waals surface area (Å²) in [5, 5.41) is 24.2. The molecule has 0 saturated carbocycles. The molecule has 198 valence electrons. The Kier molecular flexibility index (Phi) is 9.04. The van der Waals surface area contributed by atoms with E-state index in [0.717, 1.165) is 5.56 Å². The molecule has 37 heavy (non-hydrogen) atoms. The Morgan fingerprint density at radius 3 is 2.54 bits per heavy atom. The highest BCUT2D eigenvalue weighted by Crippen LogP contribution is 2.40. The number of rotatable bonds is 9. The Labute approximate surface area is 222 Å². The van der Waals surface area contributed by atoms with Gasteiger partial charge >= 0.3 is 0 Å². The summed E-state index contributed by atoms with van der Waals surface area (Å²) in [6.07, 6.45) is 0.204. The first kappa shape index (κ1) is 28.3. The molecule has 2 aromatic carbocycles. The van der Waals surface area contributed by atoms with Crippen molar-refractivity contribution in [3.05, 3.63) is 77.9 Å². The van der Waals surface area contributed by atoms with Gasteiger partial charge in [-0.25, -0.2) is 0 Å². The van der Waals surface area contributed by atoms with Crippen LogP contribution in [0.15, 0.2) is 61.2 Å². The van der Waals surface area contributed by atoms with Crippen LogP contribution in [0.3, 0.4) is 0 Å². The molecule has 1 aliphatic heterocycles. The molecule has 1 heterocycles. The highest BCUT2D eigenvalue weighted by Gasteiger charge is 2.50. The van der Waals surface area contributed by atoms with Crippen molar-refractivity contribution < 1.29 is 24.6 Å². The van der Waals surface area contributed by atoms with Crippen molar-refractivity contribution in [2.24, 2.45) is 0 Å². The number of likely N-dealkylation sites (N-methyl/N-ethyl adjacent to an activating group) is 1. The molecule has 1 saturated heterocycles. The van der Waals surface area contributed by atoms with Crippen LogP contribution in [-0.2, 0) is 16.0 Å². The van der Waals surface area contributed by atoms with Gasteiger partial charge in [0.05, 0.1) is 11.9 Å². The van der Waals surface area contributed by atoms with Crippen LogP contribution in [0.1, 0.15) is 35.3 Å². The Hall–Kier alpha value is -3.30. The third-order valence-corrected chi connectivity index (χ3v) is 8.02. The summed E-state index contributed by atoms with van der Waals surface area (Å²) in [5.74, 6) is -1.17. The van der Waals surface area contributed by atoms with Crippen molar-refractivity contribution >= 4 is 29.5 Å². The number of hydrogen-bond acceptors (Lipinski definition) is 6. The molecule has 8 nitrogen and oxygen atoms in total. The van der Waals surface area contributed by atoms with E-state index in [1.165, 1.54) is 27.6 Å². The minimum absolute atomic E-state index is 0.0230. The molecule has 0 unspecified atom stereocenters. The van der Waals surface area contributed by atoms with Crippen LogP contribution in [0.2, 0.25) is 0 Å². The van der Waals surface area contributed by atoms with Crippen molar-refractivity contribution in [3.63, 3.8) is 0 Å². The molecule has 0 spiro atoms. The number of aromatic hydroxyl groups is 1. The number of amides is 3. The highest BCUT2D eigenvalue weighted by molar-refractivity contribution is 8.00. The molecular formula is C28H35N3O5S. The number of benzene rings is 2. The minimum Gasteiger partial charge on any atom is -0.508 e. The number of carbonyl (C=O) groups is 3. The quantitative estimate of drug-likeness (QED) is 0.435.